The first-order valence-corrected chi connectivity index (χ1v) is 4.15. The summed E-state index contributed by atoms with van der Waals surface area (Å²) in [7, 11) is 1.45. The van der Waals surface area contributed by atoms with Gasteiger partial charge in [-0.25, -0.2) is 0 Å². The third-order valence-corrected chi connectivity index (χ3v) is 1.84. The summed E-state index contributed by atoms with van der Waals surface area (Å²) >= 11 is 0. The van der Waals surface area contributed by atoms with Gasteiger partial charge < -0.3 is 4.74 Å². The molecule has 1 unspecified atom stereocenters. The summed E-state index contributed by atoms with van der Waals surface area (Å²) in [5.74, 6) is -0.131. The SMILES string of the molecule is CCC(C)C(=O)CC(=O)COC. The number of carbonyl (C=O) groups excluding carboxylic acids is 2. The zero-order valence-corrected chi connectivity index (χ0v) is 7.92. The Morgan fingerprint density at radius 2 is 2.00 bits per heavy atom. The van der Waals surface area contributed by atoms with Crippen LogP contribution in [-0.2, 0) is 14.3 Å². The number of methoxy groups -OCH3 is 1. The minimum atomic E-state index is -0.136. The Kier molecular flexibility index (Phi) is 5.54. The second kappa shape index (κ2) is 5.89. The Bertz CT molecular complexity index is 163. The van der Waals surface area contributed by atoms with Crippen molar-refractivity contribution in [2.24, 2.45) is 5.92 Å². The second-order valence-electron chi connectivity index (χ2n) is 2.92. The maximum atomic E-state index is 11.2. The number of carbonyl (C=O) groups is 2. The van der Waals surface area contributed by atoms with Gasteiger partial charge in [-0.15, -0.1) is 0 Å². The van der Waals surface area contributed by atoms with Crippen molar-refractivity contribution in [2.75, 3.05) is 13.7 Å². The lowest BCUT2D eigenvalue weighted by Gasteiger charge is -2.05. The minimum absolute atomic E-state index is 0.00851. The van der Waals surface area contributed by atoms with E-state index in [1.54, 1.807) is 0 Å². The highest BCUT2D eigenvalue weighted by atomic mass is 16.5. The zero-order chi connectivity index (χ0) is 9.56. The smallest absolute Gasteiger partial charge is 0.165 e. The third kappa shape index (κ3) is 4.23. The van der Waals surface area contributed by atoms with Crippen LogP contribution >= 0.6 is 0 Å². The summed E-state index contributed by atoms with van der Waals surface area (Å²) in [5.41, 5.74) is 0. The van der Waals surface area contributed by atoms with E-state index in [4.69, 9.17) is 0 Å². The Hall–Kier alpha value is -0.700. The molecule has 0 bridgehead atoms. The minimum Gasteiger partial charge on any atom is -0.377 e. The number of ether oxygens (including phenoxy) is 1. The molecule has 0 rings (SSSR count). The van der Waals surface area contributed by atoms with Crippen LogP contribution < -0.4 is 0 Å². The number of hydrogen-bond donors (Lipinski definition) is 0. The molecule has 12 heavy (non-hydrogen) atoms. The van der Waals surface area contributed by atoms with Gasteiger partial charge in [0.25, 0.3) is 0 Å². The molecule has 70 valence electrons. The maximum absolute atomic E-state index is 11.2. The van der Waals surface area contributed by atoms with Crippen LogP contribution in [0.2, 0.25) is 0 Å². The van der Waals surface area contributed by atoms with Gasteiger partial charge in [-0.05, 0) is 6.42 Å². The highest BCUT2D eigenvalue weighted by molar-refractivity contribution is 6.00. The number of ketones is 2. The fraction of sp³-hybridized carbons (Fsp3) is 0.778. The van der Waals surface area contributed by atoms with Crippen LogP contribution in [0.25, 0.3) is 0 Å². The molecule has 0 aliphatic rings. The molecule has 3 nitrogen and oxygen atoms in total. The highest BCUT2D eigenvalue weighted by Gasteiger charge is 2.14. The molecule has 3 heteroatoms. The molecule has 0 heterocycles. The monoisotopic (exact) mass is 172 g/mol. The third-order valence-electron chi connectivity index (χ3n) is 1.84. The predicted molar refractivity (Wildman–Crippen MR) is 46.0 cm³/mol. The summed E-state index contributed by atoms with van der Waals surface area (Å²) in [6, 6.07) is 0. The lowest BCUT2D eigenvalue weighted by atomic mass is 10.00. The van der Waals surface area contributed by atoms with E-state index in [9.17, 15) is 9.59 Å². The molecule has 0 aliphatic carbocycles. The number of Topliss-reactive ketones (excluding diaryl/α,β-unsaturated/α-hetero) is 2. The largest absolute Gasteiger partial charge is 0.377 e. The Labute approximate surface area is 73.1 Å². The van der Waals surface area contributed by atoms with Gasteiger partial charge in [-0.3, -0.25) is 9.59 Å². The first-order valence-electron chi connectivity index (χ1n) is 4.15. The van der Waals surface area contributed by atoms with Crippen LogP contribution in [0, 0.1) is 5.92 Å². The Balaban J connectivity index is 3.76. The Morgan fingerprint density at radius 1 is 1.42 bits per heavy atom. The normalized spacial score (nSPS) is 12.6. The van der Waals surface area contributed by atoms with Gasteiger partial charge in [-0.1, -0.05) is 13.8 Å². The lowest BCUT2D eigenvalue weighted by molar-refractivity contribution is -0.130. The first kappa shape index (κ1) is 11.3. The van der Waals surface area contributed by atoms with Crippen LogP contribution in [-0.4, -0.2) is 25.3 Å². The van der Waals surface area contributed by atoms with Crippen molar-refractivity contribution in [3.8, 4) is 0 Å². The van der Waals surface area contributed by atoms with Crippen LogP contribution in [0.5, 0.6) is 0 Å². The molecule has 0 amide bonds. The molecule has 0 aromatic rings. The van der Waals surface area contributed by atoms with Gasteiger partial charge in [0.05, 0.1) is 6.42 Å². The van der Waals surface area contributed by atoms with Crippen molar-refractivity contribution < 1.29 is 14.3 Å². The fourth-order valence-electron chi connectivity index (χ4n) is 0.808. The molecule has 0 aromatic carbocycles. The van der Waals surface area contributed by atoms with Crippen molar-refractivity contribution in [1.82, 2.24) is 0 Å². The van der Waals surface area contributed by atoms with Crippen molar-refractivity contribution in [1.29, 1.82) is 0 Å². The second-order valence-corrected chi connectivity index (χ2v) is 2.92. The average Bonchev–Trinajstić information content (AvgIpc) is 2.03. The van der Waals surface area contributed by atoms with E-state index in [2.05, 4.69) is 4.74 Å². The van der Waals surface area contributed by atoms with Crippen molar-refractivity contribution >= 4 is 11.6 Å². The molecule has 0 aromatic heterocycles. The zero-order valence-electron chi connectivity index (χ0n) is 7.92. The van der Waals surface area contributed by atoms with Crippen LogP contribution in [0.1, 0.15) is 26.7 Å². The van der Waals surface area contributed by atoms with Gasteiger partial charge in [0.1, 0.15) is 12.4 Å². The predicted octanol–water partition coefficient (Wildman–Crippen LogP) is 1.21. The van der Waals surface area contributed by atoms with Crippen LogP contribution in [0.3, 0.4) is 0 Å². The topological polar surface area (TPSA) is 43.4 Å². The molecule has 1 atom stereocenters. The summed E-state index contributed by atoms with van der Waals surface area (Å²) in [6.07, 6.45) is 0.807. The summed E-state index contributed by atoms with van der Waals surface area (Å²) < 4.78 is 4.62. The van der Waals surface area contributed by atoms with E-state index in [0.29, 0.717) is 0 Å². The molecule has 0 saturated heterocycles. The Morgan fingerprint density at radius 3 is 2.42 bits per heavy atom. The summed E-state index contributed by atoms with van der Waals surface area (Å²) in [6.45, 7) is 3.81. The quantitative estimate of drug-likeness (QED) is 0.565. The van der Waals surface area contributed by atoms with Gasteiger partial charge >= 0.3 is 0 Å². The van der Waals surface area contributed by atoms with E-state index >= 15 is 0 Å². The molecule has 0 N–H and O–H groups in total. The summed E-state index contributed by atoms with van der Waals surface area (Å²) in [4.78, 5) is 22.1. The average molecular weight is 172 g/mol. The van der Waals surface area contributed by atoms with Crippen LogP contribution in [0.4, 0.5) is 0 Å². The highest BCUT2D eigenvalue weighted by Crippen LogP contribution is 2.05. The van der Waals surface area contributed by atoms with Gasteiger partial charge in [0.15, 0.2) is 5.78 Å². The molecule has 0 saturated carbocycles. The van der Waals surface area contributed by atoms with E-state index in [0.717, 1.165) is 6.42 Å². The van der Waals surface area contributed by atoms with E-state index in [1.807, 2.05) is 13.8 Å². The molecular formula is C9H16O3. The lowest BCUT2D eigenvalue weighted by Crippen LogP contribution is -2.17. The molecule has 0 spiro atoms. The van der Waals surface area contributed by atoms with Crippen molar-refractivity contribution in [3.05, 3.63) is 0 Å². The number of rotatable bonds is 6. The summed E-state index contributed by atoms with van der Waals surface area (Å²) in [5, 5.41) is 0. The fourth-order valence-corrected chi connectivity index (χ4v) is 0.808. The van der Waals surface area contributed by atoms with E-state index in [-0.39, 0.29) is 30.5 Å². The van der Waals surface area contributed by atoms with Crippen molar-refractivity contribution in [2.45, 2.75) is 26.7 Å². The van der Waals surface area contributed by atoms with Gasteiger partial charge in [0.2, 0.25) is 0 Å². The van der Waals surface area contributed by atoms with Crippen LogP contribution in [0.15, 0.2) is 0 Å². The maximum Gasteiger partial charge on any atom is 0.165 e. The van der Waals surface area contributed by atoms with Gasteiger partial charge in [0, 0.05) is 13.0 Å². The molecule has 0 fully saturated rings. The molecule has 0 aliphatic heterocycles. The van der Waals surface area contributed by atoms with E-state index < -0.39 is 0 Å². The number of hydrogen-bond acceptors (Lipinski definition) is 3. The van der Waals surface area contributed by atoms with Gasteiger partial charge in [-0.2, -0.15) is 0 Å². The standard InChI is InChI=1S/C9H16O3/c1-4-7(2)9(11)5-8(10)6-12-3/h7H,4-6H2,1-3H3. The molecule has 0 radical (unpaired) electrons. The van der Waals surface area contributed by atoms with E-state index in [1.165, 1.54) is 7.11 Å². The first-order chi connectivity index (χ1) is 5.61. The van der Waals surface area contributed by atoms with Crippen molar-refractivity contribution in [3.63, 3.8) is 0 Å². The molecular weight excluding hydrogens is 156 g/mol.